The first-order valence-electron chi connectivity index (χ1n) is 9.40. The Morgan fingerprint density at radius 3 is 2.58 bits per heavy atom. The Labute approximate surface area is 186 Å². The molecule has 2 heterocycles. The molecule has 4 aromatic rings. The zero-order valence-electron chi connectivity index (χ0n) is 16.7. The first kappa shape index (κ1) is 21.0. The van der Waals surface area contributed by atoms with Crippen molar-refractivity contribution in [2.24, 2.45) is 0 Å². The molecular weight excluding hydrogens is 439 g/mol. The van der Waals surface area contributed by atoms with E-state index in [0.29, 0.717) is 22.1 Å². The average Bonchev–Trinajstić information content (AvgIpc) is 3.32. The van der Waals surface area contributed by atoms with E-state index in [9.17, 15) is 14.0 Å². The zero-order valence-corrected chi connectivity index (χ0v) is 18.3. The van der Waals surface area contributed by atoms with Crippen molar-refractivity contribution < 1.29 is 14.0 Å². The monoisotopic (exact) mass is 456 g/mol. The number of carbonyl (C=O) groups excluding carboxylic acids is 2. The SMILES string of the molecule is CNC(=O)c1cc(NC(=O)c2cc3c(C)nn(Cc4ccc(Cl)cc4)c3s2)ccc1F. The molecule has 2 aromatic heterocycles. The normalized spacial score (nSPS) is 11.0. The Morgan fingerprint density at radius 2 is 1.87 bits per heavy atom. The number of aryl methyl sites for hydroxylation is 1. The van der Waals surface area contributed by atoms with E-state index in [1.54, 1.807) is 6.07 Å². The summed E-state index contributed by atoms with van der Waals surface area (Å²) < 4.78 is 15.7. The molecule has 0 bridgehead atoms. The van der Waals surface area contributed by atoms with Crippen LogP contribution in [0.25, 0.3) is 10.2 Å². The molecular formula is C22H18ClFN4O2S. The highest BCUT2D eigenvalue weighted by molar-refractivity contribution is 7.20. The number of amides is 2. The number of nitrogens with zero attached hydrogens (tertiary/aromatic N) is 2. The smallest absolute Gasteiger partial charge is 0.265 e. The summed E-state index contributed by atoms with van der Waals surface area (Å²) in [7, 11) is 1.42. The average molecular weight is 457 g/mol. The second-order valence-electron chi connectivity index (χ2n) is 6.93. The summed E-state index contributed by atoms with van der Waals surface area (Å²) in [6, 6.07) is 13.2. The molecule has 0 fully saturated rings. The van der Waals surface area contributed by atoms with E-state index in [1.165, 1.54) is 30.5 Å². The maximum absolute atomic E-state index is 13.9. The van der Waals surface area contributed by atoms with Crippen LogP contribution in [-0.4, -0.2) is 28.6 Å². The van der Waals surface area contributed by atoms with Gasteiger partial charge in [-0.15, -0.1) is 11.3 Å². The molecule has 0 aliphatic rings. The van der Waals surface area contributed by atoms with Gasteiger partial charge in [-0.05, 0) is 48.9 Å². The number of thiophene rings is 1. The van der Waals surface area contributed by atoms with E-state index in [4.69, 9.17) is 11.6 Å². The van der Waals surface area contributed by atoms with E-state index in [0.717, 1.165) is 27.5 Å². The van der Waals surface area contributed by atoms with Crippen LogP contribution in [0.2, 0.25) is 5.02 Å². The number of benzene rings is 2. The highest BCUT2D eigenvalue weighted by Gasteiger charge is 2.18. The van der Waals surface area contributed by atoms with Crippen molar-refractivity contribution in [3.8, 4) is 0 Å². The molecule has 0 unspecified atom stereocenters. The number of halogens is 2. The fourth-order valence-electron chi connectivity index (χ4n) is 3.20. The Bertz CT molecular complexity index is 1300. The van der Waals surface area contributed by atoms with E-state index >= 15 is 0 Å². The third-order valence-corrected chi connectivity index (χ3v) is 6.17. The van der Waals surface area contributed by atoms with Gasteiger partial charge in [0.25, 0.3) is 11.8 Å². The molecule has 31 heavy (non-hydrogen) atoms. The molecule has 0 saturated carbocycles. The van der Waals surface area contributed by atoms with Gasteiger partial charge in [-0.3, -0.25) is 14.3 Å². The third-order valence-electron chi connectivity index (χ3n) is 4.77. The van der Waals surface area contributed by atoms with E-state index in [1.807, 2.05) is 35.9 Å². The number of fused-ring (bicyclic) bond motifs is 1. The molecule has 2 aromatic carbocycles. The van der Waals surface area contributed by atoms with Crippen LogP contribution in [0.15, 0.2) is 48.5 Å². The molecule has 0 aliphatic heterocycles. The lowest BCUT2D eigenvalue weighted by atomic mass is 10.1. The fourth-order valence-corrected chi connectivity index (χ4v) is 4.38. The highest BCUT2D eigenvalue weighted by atomic mass is 35.5. The molecule has 6 nitrogen and oxygen atoms in total. The molecule has 2 amide bonds. The van der Waals surface area contributed by atoms with Crippen LogP contribution >= 0.6 is 22.9 Å². The summed E-state index contributed by atoms with van der Waals surface area (Å²) in [6.45, 7) is 2.45. The second-order valence-corrected chi connectivity index (χ2v) is 8.39. The van der Waals surface area contributed by atoms with Crippen molar-refractivity contribution >= 4 is 50.7 Å². The van der Waals surface area contributed by atoms with Crippen molar-refractivity contribution in [1.29, 1.82) is 0 Å². The largest absolute Gasteiger partial charge is 0.355 e. The molecule has 9 heteroatoms. The number of carbonyl (C=O) groups is 2. The minimum Gasteiger partial charge on any atom is -0.355 e. The minimum atomic E-state index is -0.655. The van der Waals surface area contributed by atoms with E-state index < -0.39 is 11.7 Å². The van der Waals surface area contributed by atoms with Crippen molar-refractivity contribution in [3.63, 3.8) is 0 Å². The lowest BCUT2D eigenvalue weighted by Gasteiger charge is -2.07. The van der Waals surface area contributed by atoms with Gasteiger partial charge in [0.2, 0.25) is 0 Å². The lowest BCUT2D eigenvalue weighted by molar-refractivity contribution is 0.0957. The van der Waals surface area contributed by atoms with Crippen LogP contribution in [-0.2, 0) is 6.54 Å². The maximum Gasteiger partial charge on any atom is 0.265 e. The Hall–Kier alpha value is -3.23. The third kappa shape index (κ3) is 4.30. The first-order valence-corrected chi connectivity index (χ1v) is 10.6. The number of hydrogen-bond acceptors (Lipinski definition) is 4. The van der Waals surface area contributed by atoms with Gasteiger partial charge in [-0.25, -0.2) is 4.39 Å². The highest BCUT2D eigenvalue weighted by Crippen LogP contribution is 2.30. The van der Waals surface area contributed by atoms with Gasteiger partial charge in [0.1, 0.15) is 10.6 Å². The van der Waals surface area contributed by atoms with Crippen molar-refractivity contribution in [1.82, 2.24) is 15.1 Å². The van der Waals surface area contributed by atoms with Crippen LogP contribution in [0.1, 0.15) is 31.3 Å². The molecule has 0 spiro atoms. The quantitative estimate of drug-likeness (QED) is 0.450. The molecule has 0 aliphatic carbocycles. The van der Waals surface area contributed by atoms with Crippen LogP contribution < -0.4 is 10.6 Å². The van der Waals surface area contributed by atoms with Gasteiger partial charge in [-0.2, -0.15) is 5.10 Å². The van der Waals surface area contributed by atoms with Crippen molar-refractivity contribution in [2.45, 2.75) is 13.5 Å². The van der Waals surface area contributed by atoms with E-state index in [-0.39, 0.29) is 11.5 Å². The van der Waals surface area contributed by atoms with Crippen LogP contribution in [0.4, 0.5) is 10.1 Å². The number of anilines is 1. The van der Waals surface area contributed by atoms with Gasteiger partial charge in [-0.1, -0.05) is 23.7 Å². The number of hydrogen-bond donors (Lipinski definition) is 2. The number of rotatable bonds is 5. The summed E-state index contributed by atoms with van der Waals surface area (Å²) in [4.78, 5) is 26.0. The van der Waals surface area contributed by atoms with Gasteiger partial charge in [0.15, 0.2) is 0 Å². The van der Waals surface area contributed by atoms with Crippen LogP contribution in [0.5, 0.6) is 0 Å². The molecule has 158 valence electrons. The summed E-state index contributed by atoms with van der Waals surface area (Å²) in [5.41, 5.74) is 2.07. The predicted octanol–water partition coefficient (Wildman–Crippen LogP) is 4.86. The minimum absolute atomic E-state index is 0.133. The van der Waals surface area contributed by atoms with Crippen molar-refractivity contribution in [2.75, 3.05) is 12.4 Å². The first-order chi connectivity index (χ1) is 14.9. The lowest BCUT2D eigenvalue weighted by Crippen LogP contribution is -2.20. The van der Waals surface area contributed by atoms with Crippen molar-refractivity contribution in [3.05, 3.63) is 81.1 Å². The summed E-state index contributed by atoms with van der Waals surface area (Å²) in [6.07, 6.45) is 0. The predicted molar refractivity (Wildman–Crippen MR) is 121 cm³/mol. The summed E-state index contributed by atoms with van der Waals surface area (Å²) >= 11 is 7.28. The number of aromatic nitrogens is 2. The van der Waals surface area contributed by atoms with Gasteiger partial charge >= 0.3 is 0 Å². The fraction of sp³-hybridized carbons (Fsp3) is 0.136. The molecule has 4 rings (SSSR count). The van der Waals surface area contributed by atoms with E-state index in [2.05, 4.69) is 15.7 Å². The van der Waals surface area contributed by atoms with Crippen LogP contribution in [0, 0.1) is 12.7 Å². The van der Waals surface area contributed by atoms with Gasteiger partial charge in [0.05, 0.1) is 22.7 Å². The Kier molecular flexibility index (Phi) is 5.75. The zero-order chi connectivity index (χ0) is 22.1. The molecule has 0 radical (unpaired) electrons. The summed E-state index contributed by atoms with van der Waals surface area (Å²) in [5, 5.41) is 11.3. The Balaban J connectivity index is 1.59. The van der Waals surface area contributed by atoms with Gasteiger partial charge < -0.3 is 10.6 Å². The van der Waals surface area contributed by atoms with Gasteiger partial charge in [0, 0.05) is 23.1 Å². The standard InChI is InChI=1S/C22H18ClFN4O2S/c1-12-16-10-19(21(30)26-15-7-8-18(24)17(9-15)20(29)25-2)31-22(16)28(27-12)11-13-3-5-14(23)6-4-13/h3-10H,11H2,1-2H3,(H,25,29)(H,26,30). The topological polar surface area (TPSA) is 76.0 Å². The molecule has 0 saturated heterocycles. The second kappa shape index (κ2) is 8.49. The Morgan fingerprint density at radius 1 is 1.13 bits per heavy atom. The molecule has 0 atom stereocenters. The maximum atomic E-state index is 13.9. The van der Waals surface area contributed by atoms with Crippen LogP contribution in [0.3, 0.4) is 0 Å². The number of nitrogens with one attached hydrogen (secondary N) is 2. The summed E-state index contributed by atoms with van der Waals surface area (Å²) in [5.74, 6) is -1.56. The molecule has 2 N–H and O–H groups in total.